The van der Waals surface area contributed by atoms with E-state index in [1.807, 2.05) is 20.8 Å². The van der Waals surface area contributed by atoms with E-state index in [9.17, 15) is 4.79 Å². The molecule has 1 aliphatic rings. The number of rotatable bonds is 5. The topological polar surface area (TPSA) is 59.6 Å². The van der Waals surface area contributed by atoms with Crippen molar-refractivity contribution >= 4 is 6.09 Å². The first kappa shape index (κ1) is 17.2. The third kappa shape index (κ3) is 7.10. The van der Waals surface area contributed by atoms with Gasteiger partial charge in [-0.15, -0.1) is 0 Å². The summed E-state index contributed by atoms with van der Waals surface area (Å²) in [5.74, 6) is 0. The highest BCUT2D eigenvalue weighted by Crippen LogP contribution is 2.18. The molecule has 0 saturated carbocycles. The molecule has 118 valence electrons. The zero-order valence-electron chi connectivity index (χ0n) is 13.7. The van der Waals surface area contributed by atoms with Crippen molar-refractivity contribution in [2.75, 3.05) is 13.1 Å². The molecule has 0 bridgehead atoms. The Morgan fingerprint density at radius 2 is 1.90 bits per heavy atom. The first-order valence-electron chi connectivity index (χ1n) is 7.45. The number of ether oxygens (including phenoxy) is 2. The Labute approximate surface area is 122 Å². The standard InChI is InChI=1S/C15H30N2O3/c1-11-7-8-12(19-11)9-17-15(5,6)10-16-13(18)20-14(2,3)4/h11-12,17H,7-10H2,1-6H3,(H,16,18). The van der Waals surface area contributed by atoms with Gasteiger partial charge in [-0.3, -0.25) is 0 Å². The predicted molar refractivity (Wildman–Crippen MR) is 79.9 cm³/mol. The van der Waals surface area contributed by atoms with Gasteiger partial charge in [0.15, 0.2) is 0 Å². The number of hydrogen-bond donors (Lipinski definition) is 2. The maximum absolute atomic E-state index is 11.6. The third-order valence-electron chi connectivity index (χ3n) is 3.20. The van der Waals surface area contributed by atoms with Crippen LogP contribution >= 0.6 is 0 Å². The van der Waals surface area contributed by atoms with E-state index in [-0.39, 0.29) is 17.7 Å². The number of hydrogen-bond acceptors (Lipinski definition) is 4. The lowest BCUT2D eigenvalue weighted by atomic mass is 10.1. The van der Waals surface area contributed by atoms with Gasteiger partial charge in [0.05, 0.1) is 12.2 Å². The minimum absolute atomic E-state index is 0.188. The van der Waals surface area contributed by atoms with Crippen molar-refractivity contribution in [1.29, 1.82) is 0 Å². The Morgan fingerprint density at radius 3 is 2.40 bits per heavy atom. The van der Waals surface area contributed by atoms with Crippen LogP contribution in [0.2, 0.25) is 0 Å². The molecule has 20 heavy (non-hydrogen) atoms. The van der Waals surface area contributed by atoms with Crippen LogP contribution in [0.5, 0.6) is 0 Å². The quantitative estimate of drug-likeness (QED) is 0.815. The second kappa shape index (κ2) is 6.76. The summed E-state index contributed by atoms with van der Waals surface area (Å²) in [5.41, 5.74) is -0.651. The van der Waals surface area contributed by atoms with Crippen LogP contribution in [0.3, 0.4) is 0 Å². The largest absolute Gasteiger partial charge is 0.444 e. The summed E-state index contributed by atoms with van der Waals surface area (Å²) in [4.78, 5) is 11.6. The van der Waals surface area contributed by atoms with Crippen LogP contribution in [-0.2, 0) is 9.47 Å². The number of carbonyl (C=O) groups is 1. The summed E-state index contributed by atoms with van der Waals surface area (Å²) in [5, 5.41) is 6.24. The summed E-state index contributed by atoms with van der Waals surface area (Å²) in [6.07, 6.45) is 2.50. The fourth-order valence-corrected chi connectivity index (χ4v) is 2.10. The highest BCUT2D eigenvalue weighted by molar-refractivity contribution is 5.67. The molecule has 2 unspecified atom stereocenters. The van der Waals surface area contributed by atoms with Gasteiger partial charge in [-0.2, -0.15) is 0 Å². The smallest absolute Gasteiger partial charge is 0.407 e. The lowest BCUT2D eigenvalue weighted by Gasteiger charge is -2.29. The van der Waals surface area contributed by atoms with E-state index in [1.54, 1.807) is 0 Å². The van der Waals surface area contributed by atoms with Crippen LogP contribution in [-0.4, -0.2) is 42.5 Å². The van der Waals surface area contributed by atoms with Gasteiger partial charge in [-0.05, 0) is 54.4 Å². The van der Waals surface area contributed by atoms with E-state index in [0.717, 1.165) is 19.4 Å². The molecule has 1 amide bonds. The Bertz CT molecular complexity index is 324. The lowest BCUT2D eigenvalue weighted by molar-refractivity contribution is 0.0474. The summed E-state index contributed by atoms with van der Waals surface area (Å²) in [6, 6.07) is 0. The second-order valence-electron chi connectivity index (χ2n) is 7.27. The molecule has 5 nitrogen and oxygen atoms in total. The van der Waals surface area contributed by atoms with Gasteiger partial charge in [0.2, 0.25) is 0 Å². The summed E-state index contributed by atoms with van der Waals surface area (Å²) < 4.78 is 11.0. The normalized spacial score (nSPS) is 23.7. The van der Waals surface area contributed by atoms with E-state index < -0.39 is 5.60 Å². The molecule has 1 heterocycles. The van der Waals surface area contributed by atoms with Gasteiger partial charge in [0.25, 0.3) is 0 Å². The van der Waals surface area contributed by atoms with Gasteiger partial charge in [0.1, 0.15) is 5.60 Å². The van der Waals surface area contributed by atoms with E-state index in [0.29, 0.717) is 12.6 Å². The van der Waals surface area contributed by atoms with Crippen LogP contribution in [0, 0.1) is 0 Å². The third-order valence-corrected chi connectivity index (χ3v) is 3.20. The number of carbonyl (C=O) groups excluding carboxylic acids is 1. The number of amides is 1. The lowest BCUT2D eigenvalue weighted by Crippen LogP contribution is -2.51. The second-order valence-corrected chi connectivity index (χ2v) is 7.27. The van der Waals surface area contributed by atoms with Crippen molar-refractivity contribution < 1.29 is 14.3 Å². The van der Waals surface area contributed by atoms with Gasteiger partial charge in [-0.1, -0.05) is 0 Å². The average molecular weight is 286 g/mol. The van der Waals surface area contributed by atoms with Crippen LogP contribution < -0.4 is 10.6 Å². The molecule has 0 aromatic carbocycles. The molecule has 0 radical (unpaired) electrons. The monoisotopic (exact) mass is 286 g/mol. The van der Waals surface area contributed by atoms with Gasteiger partial charge in [0, 0.05) is 18.6 Å². The van der Waals surface area contributed by atoms with Gasteiger partial charge < -0.3 is 20.1 Å². The van der Waals surface area contributed by atoms with Crippen LogP contribution in [0.15, 0.2) is 0 Å². The fraction of sp³-hybridized carbons (Fsp3) is 0.933. The molecule has 0 spiro atoms. The van der Waals surface area contributed by atoms with E-state index in [1.165, 1.54) is 0 Å². The molecule has 1 rings (SSSR count). The fourth-order valence-electron chi connectivity index (χ4n) is 2.10. The Balaban J connectivity index is 2.25. The SMILES string of the molecule is CC1CCC(CNC(C)(C)CNC(=O)OC(C)(C)C)O1. The van der Waals surface area contributed by atoms with Gasteiger partial charge in [-0.25, -0.2) is 4.79 Å². The molecule has 1 aliphatic heterocycles. The van der Waals surface area contributed by atoms with Crippen LogP contribution in [0.1, 0.15) is 54.4 Å². The van der Waals surface area contributed by atoms with E-state index in [4.69, 9.17) is 9.47 Å². The highest BCUT2D eigenvalue weighted by atomic mass is 16.6. The first-order valence-corrected chi connectivity index (χ1v) is 7.45. The molecule has 0 aromatic rings. The molecule has 1 fully saturated rings. The molecule has 5 heteroatoms. The summed E-state index contributed by atoms with van der Waals surface area (Å²) in [6.45, 7) is 13.1. The van der Waals surface area contributed by atoms with E-state index in [2.05, 4.69) is 31.4 Å². The minimum atomic E-state index is -0.463. The summed E-state index contributed by atoms with van der Waals surface area (Å²) >= 11 is 0. The molecular weight excluding hydrogens is 256 g/mol. The molecular formula is C15H30N2O3. The molecule has 1 saturated heterocycles. The molecule has 2 atom stereocenters. The predicted octanol–water partition coefficient (Wildman–Crippen LogP) is 2.45. The Kier molecular flexibility index (Phi) is 5.83. The van der Waals surface area contributed by atoms with Crippen molar-refractivity contribution in [1.82, 2.24) is 10.6 Å². The first-order chi connectivity index (χ1) is 9.07. The molecule has 0 aliphatic carbocycles. The van der Waals surface area contributed by atoms with Crippen molar-refractivity contribution in [2.45, 2.75) is 77.7 Å². The maximum Gasteiger partial charge on any atom is 0.407 e. The summed E-state index contributed by atoms with van der Waals surface area (Å²) in [7, 11) is 0. The number of alkyl carbamates (subject to hydrolysis) is 1. The minimum Gasteiger partial charge on any atom is -0.444 e. The van der Waals surface area contributed by atoms with Crippen molar-refractivity contribution in [2.24, 2.45) is 0 Å². The van der Waals surface area contributed by atoms with Crippen molar-refractivity contribution in [3.8, 4) is 0 Å². The van der Waals surface area contributed by atoms with Crippen molar-refractivity contribution in [3.05, 3.63) is 0 Å². The zero-order chi connectivity index (χ0) is 15.4. The van der Waals surface area contributed by atoms with Crippen LogP contribution in [0.25, 0.3) is 0 Å². The van der Waals surface area contributed by atoms with Crippen LogP contribution in [0.4, 0.5) is 4.79 Å². The number of nitrogens with one attached hydrogen (secondary N) is 2. The maximum atomic E-state index is 11.6. The molecule has 0 aromatic heterocycles. The Hall–Kier alpha value is -0.810. The zero-order valence-corrected chi connectivity index (χ0v) is 13.7. The van der Waals surface area contributed by atoms with Gasteiger partial charge >= 0.3 is 6.09 Å². The van der Waals surface area contributed by atoms with E-state index >= 15 is 0 Å². The van der Waals surface area contributed by atoms with Crippen molar-refractivity contribution in [3.63, 3.8) is 0 Å². The average Bonchev–Trinajstić information content (AvgIpc) is 2.68. The molecule has 2 N–H and O–H groups in total. The Morgan fingerprint density at radius 1 is 1.25 bits per heavy atom. The highest BCUT2D eigenvalue weighted by Gasteiger charge is 2.26.